The number of anilines is 2. The molecule has 0 saturated heterocycles. The second-order valence-corrected chi connectivity index (χ2v) is 8.58. The van der Waals surface area contributed by atoms with Crippen LogP contribution in [0.4, 0.5) is 15.9 Å². The number of carbonyl (C=O) groups excluding carboxylic acids is 1. The fraction of sp³-hybridized carbons (Fsp3) is 0.259. The summed E-state index contributed by atoms with van der Waals surface area (Å²) in [5.74, 6) is 3.07. The zero-order valence-corrected chi connectivity index (χ0v) is 21.1. The summed E-state index contributed by atoms with van der Waals surface area (Å²) < 4.78 is 26.6. The quantitative estimate of drug-likeness (QED) is 0.217. The van der Waals surface area contributed by atoms with Gasteiger partial charge in [-0.15, -0.1) is 6.42 Å². The van der Waals surface area contributed by atoms with Gasteiger partial charge < -0.3 is 20.5 Å². The fourth-order valence-electron chi connectivity index (χ4n) is 3.99. The van der Waals surface area contributed by atoms with Gasteiger partial charge in [0.05, 0.1) is 37.7 Å². The van der Waals surface area contributed by atoms with Crippen LogP contribution in [0.3, 0.4) is 0 Å². The summed E-state index contributed by atoms with van der Waals surface area (Å²) in [6, 6.07) is 8.29. The van der Waals surface area contributed by atoms with Crippen molar-refractivity contribution in [3.8, 4) is 23.8 Å². The largest absolute Gasteiger partial charge is 0.493 e. The predicted molar refractivity (Wildman–Crippen MR) is 142 cm³/mol. The van der Waals surface area contributed by atoms with Gasteiger partial charge in [0, 0.05) is 24.2 Å². The number of nitrogens with one attached hydrogen (secondary N) is 1. The standard InChI is InChI=1S/C27H28FN7O3/c1-4-9-34(2)10-6-11-38-24-14-22-21(13-23(24)37-3)27(31-17-30-22)33-20-15-32-35(16-20)25(26(29)36)18-7-5-8-19(28)12-18/h1,5,7-8,12-17,25H,6,9-11H2,2-3H3,(H2,29,36)(H,30,31,33). The highest BCUT2D eigenvalue weighted by molar-refractivity contribution is 5.93. The van der Waals surface area contributed by atoms with Crippen molar-refractivity contribution in [3.63, 3.8) is 0 Å². The van der Waals surface area contributed by atoms with E-state index in [-0.39, 0.29) is 0 Å². The summed E-state index contributed by atoms with van der Waals surface area (Å²) >= 11 is 0. The molecule has 0 saturated carbocycles. The number of halogens is 1. The lowest BCUT2D eigenvalue weighted by atomic mass is 10.1. The predicted octanol–water partition coefficient (Wildman–Crippen LogP) is 3.13. The Hall–Kier alpha value is -4.69. The maximum Gasteiger partial charge on any atom is 0.246 e. The Morgan fingerprint density at radius 2 is 2.13 bits per heavy atom. The van der Waals surface area contributed by atoms with Crippen LogP contribution in [0.1, 0.15) is 18.0 Å². The Bertz CT molecular complexity index is 1470. The smallest absolute Gasteiger partial charge is 0.246 e. The number of amides is 1. The molecule has 0 fully saturated rings. The second kappa shape index (κ2) is 12.0. The highest BCUT2D eigenvalue weighted by Gasteiger charge is 2.22. The third-order valence-electron chi connectivity index (χ3n) is 5.79. The van der Waals surface area contributed by atoms with Crippen LogP contribution in [0.25, 0.3) is 10.9 Å². The molecule has 0 aliphatic heterocycles. The molecule has 196 valence electrons. The van der Waals surface area contributed by atoms with Crippen LogP contribution in [0.5, 0.6) is 11.5 Å². The average Bonchev–Trinajstić information content (AvgIpc) is 3.34. The van der Waals surface area contributed by atoms with E-state index < -0.39 is 17.8 Å². The van der Waals surface area contributed by atoms with Crippen molar-refractivity contribution in [2.45, 2.75) is 12.5 Å². The van der Waals surface area contributed by atoms with Gasteiger partial charge in [-0.1, -0.05) is 18.1 Å². The van der Waals surface area contributed by atoms with Crippen molar-refractivity contribution in [2.75, 3.05) is 39.2 Å². The first kappa shape index (κ1) is 26.4. The van der Waals surface area contributed by atoms with Crippen LogP contribution in [0.15, 0.2) is 55.1 Å². The van der Waals surface area contributed by atoms with Crippen LogP contribution in [-0.4, -0.2) is 64.4 Å². The summed E-state index contributed by atoms with van der Waals surface area (Å²) in [7, 11) is 3.52. The first-order valence-corrected chi connectivity index (χ1v) is 11.8. The molecule has 4 rings (SSSR count). The van der Waals surface area contributed by atoms with E-state index in [0.717, 1.165) is 13.0 Å². The molecule has 10 nitrogen and oxygen atoms in total. The van der Waals surface area contributed by atoms with Gasteiger partial charge >= 0.3 is 0 Å². The number of terminal acetylenes is 1. The minimum Gasteiger partial charge on any atom is -0.493 e. The van der Waals surface area contributed by atoms with E-state index in [2.05, 4.69) is 26.3 Å². The number of methoxy groups -OCH3 is 1. The summed E-state index contributed by atoms with van der Waals surface area (Å²) in [6.07, 6.45) is 10.7. The molecule has 0 aliphatic carbocycles. The van der Waals surface area contributed by atoms with Crippen LogP contribution in [-0.2, 0) is 4.79 Å². The van der Waals surface area contributed by atoms with Crippen molar-refractivity contribution in [3.05, 3.63) is 66.5 Å². The van der Waals surface area contributed by atoms with Gasteiger partial charge in [0.2, 0.25) is 5.91 Å². The number of aromatic nitrogens is 4. The molecule has 3 N–H and O–H groups in total. The number of hydrogen-bond acceptors (Lipinski definition) is 8. The summed E-state index contributed by atoms with van der Waals surface area (Å²) in [6.45, 7) is 1.87. The molecule has 2 aromatic carbocycles. The second-order valence-electron chi connectivity index (χ2n) is 8.58. The van der Waals surface area contributed by atoms with Gasteiger partial charge in [0.25, 0.3) is 0 Å². The van der Waals surface area contributed by atoms with Gasteiger partial charge in [-0.2, -0.15) is 5.10 Å². The molecule has 38 heavy (non-hydrogen) atoms. The Kier molecular flexibility index (Phi) is 8.35. The first-order valence-electron chi connectivity index (χ1n) is 11.8. The van der Waals surface area contributed by atoms with Crippen molar-refractivity contribution in [1.29, 1.82) is 0 Å². The molecule has 0 bridgehead atoms. The topological polar surface area (TPSA) is 120 Å². The Morgan fingerprint density at radius 3 is 2.87 bits per heavy atom. The summed E-state index contributed by atoms with van der Waals surface area (Å²) in [5.41, 5.74) is 7.18. The normalized spacial score (nSPS) is 11.8. The monoisotopic (exact) mass is 517 g/mol. The van der Waals surface area contributed by atoms with Crippen LogP contribution >= 0.6 is 0 Å². The van der Waals surface area contributed by atoms with E-state index in [0.29, 0.717) is 52.6 Å². The number of nitrogens with two attached hydrogens (primary N) is 1. The summed E-state index contributed by atoms with van der Waals surface area (Å²) in [4.78, 5) is 22.9. The fourth-order valence-corrected chi connectivity index (χ4v) is 3.99. The molecule has 1 atom stereocenters. The molecular weight excluding hydrogens is 489 g/mol. The molecule has 1 unspecified atom stereocenters. The zero-order valence-electron chi connectivity index (χ0n) is 21.1. The maximum atomic E-state index is 13.7. The van der Waals surface area contributed by atoms with Gasteiger partial charge in [-0.05, 0) is 37.2 Å². The van der Waals surface area contributed by atoms with Crippen molar-refractivity contribution < 1.29 is 18.7 Å². The number of ether oxygens (including phenoxy) is 2. The minimum absolute atomic E-state index is 0.389. The van der Waals surface area contributed by atoms with E-state index in [4.69, 9.17) is 21.6 Å². The van der Waals surface area contributed by atoms with Crippen LogP contribution < -0.4 is 20.5 Å². The van der Waals surface area contributed by atoms with Crippen LogP contribution in [0, 0.1) is 18.2 Å². The Balaban J connectivity index is 1.54. The lowest BCUT2D eigenvalue weighted by Crippen LogP contribution is -2.27. The number of hydrogen-bond donors (Lipinski definition) is 2. The molecule has 0 radical (unpaired) electrons. The van der Waals surface area contributed by atoms with Gasteiger partial charge in [0.15, 0.2) is 17.5 Å². The van der Waals surface area contributed by atoms with E-state index in [9.17, 15) is 9.18 Å². The van der Waals surface area contributed by atoms with E-state index in [1.807, 2.05) is 11.9 Å². The molecule has 4 aromatic rings. The SMILES string of the molecule is C#CCN(C)CCCOc1cc2ncnc(Nc3cnn(C(C(N)=O)c4cccc(F)c4)c3)c2cc1OC. The number of primary amides is 1. The minimum atomic E-state index is -0.977. The Morgan fingerprint density at radius 1 is 1.29 bits per heavy atom. The van der Waals surface area contributed by atoms with Crippen molar-refractivity contribution in [1.82, 2.24) is 24.6 Å². The lowest BCUT2D eigenvalue weighted by Gasteiger charge is -2.15. The van der Waals surface area contributed by atoms with Gasteiger partial charge in [0.1, 0.15) is 18.0 Å². The average molecular weight is 518 g/mol. The zero-order chi connectivity index (χ0) is 27.1. The summed E-state index contributed by atoms with van der Waals surface area (Å²) in [5, 5.41) is 8.14. The highest BCUT2D eigenvalue weighted by atomic mass is 19.1. The van der Waals surface area contributed by atoms with Crippen molar-refractivity contribution in [2.24, 2.45) is 5.73 Å². The lowest BCUT2D eigenvalue weighted by molar-refractivity contribution is -0.120. The number of nitrogens with zero attached hydrogens (tertiary/aromatic N) is 5. The number of fused-ring (bicyclic) bond motifs is 1. The third kappa shape index (κ3) is 6.16. The molecule has 11 heteroatoms. The molecule has 2 aromatic heterocycles. The van der Waals surface area contributed by atoms with E-state index in [1.165, 1.54) is 35.4 Å². The van der Waals surface area contributed by atoms with Gasteiger partial charge in [-0.25, -0.2) is 14.4 Å². The highest BCUT2D eigenvalue weighted by Crippen LogP contribution is 2.35. The van der Waals surface area contributed by atoms with E-state index >= 15 is 0 Å². The van der Waals surface area contributed by atoms with Gasteiger partial charge in [-0.3, -0.25) is 14.4 Å². The number of benzene rings is 2. The van der Waals surface area contributed by atoms with Crippen LogP contribution in [0.2, 0.25) is 0 Å². The molecule has 2 heterocycles. The molecule has 1 amide bonds. The molecule has 0 spiro atoms. The number of rotatable bonds is 12. The van der Waals surface area contributed by atoms with Crippen molar-refractivity contribution >= 4 is 28.3 Å². The number of carbonyl (C=O) groups is 1. The molecule has 0 aliphatic rings. The molecular formula is C27H28FN7O3. The Labute approximate surface area is 219 Å². The maximum absolute atomic E-state index is 13.7. The third-order valence-corrected chi connectivity index (χ3v) is 5.79. The first-order chi connectivity index (χ1) is 18.4. The van der Waals surface area contributed by atoms with E-state index in [1.54, 1.807) is 31.5 Å².